The summed E-state index contributed by atoms with van der Waals surface area (Å²) in [6.45, 7) is 3.89. The van der Waals surface area contributed by atoms with Crippen LogP contribution in [0.3, 0.4) is 0 Å². The van der Waals surface area contributed by atoms with Gasteiger partial charge in [-0.05, 0) is 50.2 Å². The minimum absolute atomic E-state index is 0.0283. The molecule has 0 aliphatic heterocycles. The number of methoxy groups -OCH3 is 1. The highest BCUT2D eigenvalue weighted by atomic mass is 16.5. The van der Waals surface area contributed by atoms with E-state index in [0.29, 0.717) is 22.7 Å². The van der Waals surface area contributed by atoms with Crippen molar-refractivity contribution in [2.24, 2.45) is 0 Å². The van der Waals surface area contributed by atoms with Crippen molar-refractivity contribution in [3.05, 3.63) is 58.9 Å². The summed E-state index contributed by atoms with van der Waals surface area (Å²) in [6, 6.07) is 14.5. The van der Waals surface area contributed by atoms with Crippen LogP contribution in [0.1, 0.15) is 13.8 Å². The molecule has 3 aromatic rings. The monoisotopic (exact) mass is 352 g/mol. The average molecular weight is 352 g/mol. The van der Waals surface area contributed by atoms with Gasteiger partial charge in [0.15, 0.2) is 5.69 Å². The van der Waals surface area contributed by atoms with Crippen molar-refractivity contribution >= 4 is 11.6 Å². The van der Waals surface area contributed by atoms with Crippen LogP contribution in [0.15, 0.2) is 53.3 Å². The summed E-state index contributed by atoms with van der Waals surface area (Å²) in [5.74, 6) is 1.62. The molecule has 2 N–H and O–H groups in total. The first-order valence-electron chi connectivity index (χ1n) is 8.21. The lowest BCUT2D eigenvalue weighted by molar-refractivity contribution is 0.244. The first kappa shape index (κ1) is 17.5. The second-order valence-corrected chi connectivity index (χ2v) is 5.87. The van der Waals surface area contributed by atoms with Crippen molar-refractivity contribution in [3.63, 3.8) is 0 Å². The van der Waals surface area contributed by atoms with Gasteiger partial charge in [0.25, 0.3) is 5.56 Å². The second kappa shape index (κ2) is 7.69. The SMILES string of the molecule is COc1ccc(-c2nnc(Nc3ccccc3OC(C)C)[nH]c2=O)cc1. The molecule has 0 saturated carbocycles. The lowest BCUT2D eigenvalue weighted by Crippen LogP contribution is -2.16. The summed E-state index contributed by atoms with van der Waals surface area (Å²) in [6.07, 6.45) is 0.0283. The number of H-pyrrole nitrogens is 1. The predicted molar refractivity (Wildman–Crippen MR) is 100 cm³/mol. The molecule has 7 heteroatoms. The van der Waals surface area contributed by atoms with Crippen LogP contribution in [0.4, 0.5) is 11.6 Å². The van der Waals surface area contributed by atoms with E-state index in [9.17, 15) is 4.79 Å². The molecule has 2 aromatic carbocycles. The van der Waals surface area contributed by atoms with Gasteiger partial charge in [0.2, 0.25) is 5.95 Å². The van der Waals surface area contributed by atoms with Crippen LogP contribution in [0.25, 0.3) is 11.3 Å². The van der Waals surface area contributed by atoms with E-state index in [1.54, 1.807) is 31.4 Å². The van der Waals surface area contributed by atoms with E-state index in [2.05, 4.69) is 20.5 Å². The van der Waals surface area contributed by atoms with E-state index in [1.165, 1.54) is 0 Å². The molecule has 0 fully saturated rings. The number of para-hydroxylation sites is 2. The Bertz CT molecular complexity index is 936. The number of nitrogens with zero attached hydrogens (tertiary/aromatic N) is 2. The van der Waals surface area contributed by atoms with Gasteiger partial charge in [-0.2, -0.15) is 0 Å². The maximum Gasteiger partial charge on any atom is 0.279 e. The molecular weight excluding hydrogens is 332 g/mol. The van der Waals surface area contributed by atoms with Gasteiger partial charge < -0.3 is 14.8 Å². The zero-order valence-corrected chi connectivity index (χ0v) is 14.8. The second-order valence-electron chi connectivity index (χ2n) is 5.87. The summed E-state index contributed by atoms with van der Waals surface area (Å²) in [5, 5.41) is 11.2. The molecule has 1 heterocycles. The first-order chi connectivity index (χ1) is 12.6. The Kier molecular flexibility index (Phi) is 5.17. The lowest BCUT2D eigenvalue weighted by atomic mass is 10.1. The largest absolute Gasteiger partial charge is 0.497 e. The average Bonchev–Trinajstić information content (AvgIpc) is 2.63. The third-order valence-electron chi connectivity index (χ3n) is 3.56. The highest BCUT2D eigenvalue weighted by Gasteiger charge is 2.10. The molecule has 0 atom stereocenters. The van der Waals surface area contributed by atoms with Crippen LogP contribution in [-0.4, -0.2) is 28.4 Å². The van der Waals surface area contributed by atoms with Crippen LogP contribution in [0, 0.1) is 0 Å². The van der Waals surface area contributed by atoms with Gasteiger partial charge in [-0.25, -0.2) is 0 Å². The maximum atomic E-state index is 12.4. The van der Waals surface area contributed by atoms with Gasteiger partial charge >= 0.3 is 0 Å². The Morgan fingerprint density at radius 3 is 2.42 bits per heavy atom. The molecule has 0 spiro atoms. The predicted octanol–water partition coefficient (Wildman–Crippen LogP) is 3.37. The van der Waals surface area contributed by atoms with Gasteiger partial charge in [0, 0.05) is 5.56 Å². The molecule has 0 unspecified atom stereocenters. The lowest BCUT2D eigenvalue weighted by Gasteiger charge is -2.14. The van der Waals surface area contributed by atoms with Crippen molar-refractivity contribution < 1.29 is 9.47 Å². The number of anilines is 2. The molecule has 0 saturated heterocycles. The van der Waals surface area contributed by atoms with E-state index in [4.69, 9.17) is 9.47 Å². The van der Waals surface area contributed by atoms with Gasteiger partial charge in [-0.3, -0.25) is 9.78 Å². The molecule has 0 bridgehead atoms. The van der Waals surface area contributed by atoms with Crippen molar-refractivity contribution in [1.82, 2.24) is 15.2 Å². The normalized spacial score (nSPS) is 10.6. The summed E-state index contributed by atoms with van der Waals surface area (Å²) in [7, 11) is 1.59. The fourth-order valence-electron chi connectivity index (χ4n) is 2.39. The van der Waals surface area contributed by atoms with Crippen LogP contribution in [-0.2, 0) is 0 Å². The number of ether oxygens (including phenoxy) is 2. The summed E-state index contributed by atoms with van der Waals surface area (Å²) < 4.78 is 10.9. The Hall–Kier alpha value is -3.35. The Labute approximate surface area is 151 Å². The third-order valence-corrected chi connectivity index (χ3v) is 3.56. The quantitative estimate of drug-likeness (QED) is 0.707. The molecule has 26 heavy (non-hydrogen) atoms. The van der Waals surface area contributed by atoms with Crippen LogP contribution in [0.5, 0.6) is 11.5 Å². The maximum absolute atomic E-state index is 12.4. The van der Waals surface area contributed by atoms with E-state index in [-0.39, 0.29) is 23.3 Å². The number of hydrogen-bond donors (Lipinski definition) is 2. The zero-order valence-electron chi connectivity index (χ0n) is 14.8. The molecule has 0 aliphatic rings. The van der Waals surface area contributed by atoms with Gasteiger partial charge in [-0.15, -0.1) is 10.2 Å². The minimum Gasteiger partial charge on any atom is -0.497 e. The van der Waals surface area contributed by atoms with E-state index in [1.807, 2.05) is 38.1 Å². The summed E-state index contributed by atoms with van der Waals surface area (Å²) >= 11 is 0. The van der Waals surface area contributed by atoms with E-state index < -0.39 is 0 Å². The Morgan fingerprint density at radius 1 is 1.04 bits per heavy atom. The number of rotatable bonds is 6. The topological polar surface area (TPSA) is 89.1 Å². The van der Waals surface area contributed by atoms with Crippen LogP contribution < -0.4 is 20.3 Å². The number of nitrogens with one attached hydrogen (secondary N) is 2. The van der Waals surface area contributed by atoms with E-state index >= 15 is 0 Å². The first-order valence-corrected chi connectivity index (χ1v) is 8.21. The van der Waals surface area contributed by atoms with E-state index in [0.717, 1.165) is 0 Å². The fourth-order valence-corrected chi connectivity index (χ4v) is 2.39. The van der Waals surface area contributed by atoms with Crippen molar-refractivity contribution in [2.45, 2.75) is 20.0 Å². The van der Waals surface area contributed by atoms with Crippen LogP contribution >= 0.6 is 0 Å². The summed E-state index contributed by atoms with van der Waals surface area (Å²) in [4.78, 5) is 15.1. The number of hydrogen-bond acceptors (Lipinski definition) is 6. The number of aromatic nitrogens is 3. The highest BCUT2D eigenvalue weighted by Crippen LogP contribution is 2.26. The van der Waals surface area contributed by atoms with Crippen molar-refractivity contribution in [2.75, 3.05) is 12.4 Å². The molecule has 3 rings (SSSR count). The van der Waals surface area contributed by atoms with Crippen molar-refractivity contribution in [1.29, 1.82) is 0 Å². The number of benzene rings is 2. The van der Waals surface area contributed by atoms with Gasteiger partial charge in [0.1, 0.15) is 11.5 Å². The molecular formula is C19H20N4O3. The standard InChI is InChI=1S/C19H20N4O3/c1-12(2)26-16-7-5-4-6-15(16)20-19-21-18(24)17(22-23-19)13-8-10-14(25-3)11-9-13/h4-12H,1-3H3,(H2,20,21,23,24). The Balaban J connectivity index is 1.85. The Morgan fingerprint density at radius 2 is 1.77 bits per heavy atom. The highest BCUT2D eigenvalue weighted by molar-refractivity contribution is 5.63. The van der Waals surface area contributed by atoms with Crippen molar-refractivity contribution in [3.8, 4) is 22.8 Å². The van der Waals surface area contributed by atoms with Crippen LogP contribution in [0.2, 0.25) is 0 Å². The minimum atomic E-state index is -0.338. The zero-order chi connectivity index (χ0) is 18.5. The summed E-state index contributed by atoms with van der Waals surface area (Å²) in [5.41, 5.74) is 1.26. The smallest absolute Gasteiger partial charge is 0.279 e. The molecule has 1 aromatic heterocycles. The molecule has 0 radical (unpaired) electrons. The molecule has 0 aliphatic carbocycles. The third kappa shape index (κ3) is 4.00. The molecule has 0 amide bonds. The van der Waals surface area contributed by atoms with Gasteiger partial charge in [-0.1, -0.05) is 12.1 Å². The number of aromatic amines is 1. The molecule has 134 valence electrons. The molecule has 7 nitrogen and oxygen atoms in total. The fraction of sp³-hybridized carbons (Fsp3) is 0.211. The van der Waals surface area contributed by atoms with Gasteiger partial charge in [0.05, 0.1) is 18.9 Å².